The van der Waals surface area contributed by atoms with Gasteiger partial charge in [-0.1, -0.05) is 12.1 Å². The predicted octanol–water partition coefficient (Wildman–Crippen LogP) is 3.51. The molecule has 3 rings (SSSR count). The van der Waals surface area contributed by atoms with Crippen molar-refractivity contribution in [2.75, 3.05) is 23.0 Å². The number of nitrogens with one attached hydrogen (secondary N) is 2. The fourth-order valence-electron chi connectivity index (χ4n) is 2.61. The van der Waals surface area contributed by atoms with E-state index in [0.717, 1.165) is 23.1 Å². The van der Waals surface area contributed by atoms with E-state index in [1.807, 2.05) is 0 Å². The average Bonchev–Trinajstić information content (AvgIpc) is 3.26. The first kappa shape index (κ1) is 24.0. The van der Waals surface area contributed by atoms with Gasteiger partial charge in [-0.05, 0) is 47.8 Å². The molecule has 2 aromatic carbocycles. The lowest BCUT2D eigenvalue weighted by molar-refractivity contribution is -0.119. The van der Waals surface area contributed by atoms with Crippen molar-refractivity contribution < 1.29 is 28.3 Å². The van der Waals surface area contributed by atoms with Gasteiger partial charge in [0.1, 0.15) is 10.8 Å². The Morgan fingerprint density at radius 1 is 0.939 bits per heavy atom. The van der Waals surface area contributed by atoms with Crippen LogP contribution in [0.15, 0.2) is 64.9 Å². The largest absolute Gasteiger partial charge is 0.452 e. The number of thioether (sulfide) groups is 1. The predicted molar refractivity (Wildman–Crippen MR) is 124 cm³/mol. The quantitative estimate of drug-likeness (QED) is 0.313. The van der Waals surface area contributed by atoms with Crippen molar-refractivity contribution in [3.63, 3.8) is 0 Å². The van der Waals surface area contributed by atoms with E-state index in [4.69, 9.17) is 10.5 Å². The molecule has 3 aromatic rings. The maximum atomic E-state index is 13.0. The summed E-state index contributed by atoms with van der Waals surface area (Å²) in [6, 6.07) is 13.3. The van der Waals surface area contributed by atoms with Crippen molar-refractivity contribution in [1.82, 2.24) is 0 Å². The van der Waals surface area contributed by atoms with Crippen LogP contribution in [0, 0.1) is 5.82 Å². The Labute approximate surface area is 196 Å². The number of anilines is 2. The molecule has 0 unspecified atom stereocenters. The van der Waals surface area contributed by atoms with Crippen molar-refractivity contribution in [1.29, 1.82) is 0 Å². The molecule has 1 heterocycles. The number of nitrogens with two attached hydrogens (primary N) is 1. The second kappa shape index (κ2) is 11.2. The van der Waals surface area contributed by atoms with Crippen molar-refractivity contribution in [2.45, 2.75) is 4.90 Å². The molecule has 0 saturated heterocycles. The summed E-state index contributed by atoms with van der Waals surface area (Å²) in [7, 11) is 0. The van der Waals surface area contributed by atoms with Gasteiger partial charge in [-0.25, -0.2) is 9.18 Å². The monoisotopic (exact) mass is 487 g/mol. The van der Waals surface area contributed by atoms with Crippen LogP contribution in [0.2, 0.25) is 0 Å². The number of hydrogen-bond acceptors (Lipinski definition) is 7. The number of benzene rings is 2. The van der Waals surface area contributed by atoms with Crippen LogP contribution < -0.4 is 16.4 Å². The number of thiophene rings is 1. The number of amides is 3. The highest BCUT2D eigenvalue weighted by molar-refractivity contribution is 8.00. The number of primary amides is 1. The van der Waals surface area contributed by atoms with Crippen LogP contribution in [0.4, 0.5) is 15.1 Å². The molecule has 0 spiro atoms. The first-order valence-corrected chi connectivity index (χ1v) is 11.3. The van der Waals surface area contributed by atoms with E-state index in [0.29, 0.717) is 10.6 Å². The fourth-order valence-corrected chi connectivity index (χ4v) is 4.26. The topological polar surface area (TPSA) is 128 Å². The average molecular weight is 488 g/mol. The number of esters is 1. The highest BCUT2D eigenvalue weighted by Gasteiger charge is 2.17. The van der Waals surface area contributed by atoms with Crippen LogP contribution in [-0.2, 0) is 14.3 Å². The molecule has 0 fully saturated rings. The zero-order chi connectivity index (χ0) is 23.8. The van der Waals surface area contributed by atoms with Gasteiger partial charge in [0.2, 0.25) is 5.91 Å². The minimum atomic E-state index is -0.742. The van der Waals surface area contributed by atoms with Gasteiger partial charge < -0.3 is 21.1 Å². The molecular weight excluding hydrogens is 469 g/mol. The molecule has 33 heavy (non-hydrogen) atoms. The summed E-state index contributed by atoms with van der Waals surface area (Å²) in [4.78, 5) is 48.6. The molecule has 0 aliphatic carbocycles. The van der Waals surface area contributed by atoms with Crippen LogP contribution in [0.1, 0.15) is 20.7 Å². The Kier molecular flexibility index (Phi) is 8.17. The lowest BCUT2D eigenvalue weighted by Gasteiger charge is -2.10. The van der Waals surface area contributed by atoms with Gasteiger partial charge in [-0.15, -0.1) is 23.1 Å². The van der Waals surface area contributed by atoms with Gasteiger partial charge in [0, 0.05) is 10.6 Å². The highest BCUT2D eigenvalue weighted by atomic mass is 32.2. The summed E-state index contributed by atoms with van der Waals surface area (Å²) in [6.45, 7) is -0.570. The highest BCUT2D eigenvalue weighted by Crippen LogP contribution is 2.24. The van der Waals surface area contributed by atoms with Crippen LogP contribution in [0.5, 0.6) is 0 Å². The summed E-state index contributed by atoms with van der Waals surface area (Å²) >= 11 is 2.23. The van der Waals surface area contributed by atoms with Crippen molar-refractivity contribution in [3.8, 4) is 0 Å². The Bertz CT molecular complexity index is 1180. The molecule has 0 atom stereocenters. The van der Waals surface area contributed by atoms with Gasteiger partial charge in [0.15, 0.2) is 6.61 Å². The Balaban J connectivity index is 1.54. The lowest BCUT2D eigenvalue weighted by Crippen LogP contribution is -2.22. The maximum Gasteiger partial charge on any atom is 0.339 e. The number of carbonyl (C=O) groups is 4. The number of halogens is 1. The molecule has 8 nitrogen and oxygen atoms in total. The van der Waals surface area contributed by atoms with Crippen LogP contribution in [0.25, 0.3) is 0 Å². The molecule has 0 aliphatic heterocycles. The molecule has 1 aromatic heterocycles. The second-order valence-corrected chi connectivity index (χ2v) is 8.43. The molecule has 0 aliphatic rings. The minimum absolute atomic E-state index is 0.00354. The molecule has 170 valence electrons. The summed E-state index contributed by atoms with van der Waals surface area (Å²) < 4.78 is 18.0. The van der Waals surface area contributed by atoms with Crippen LogP contribution in [0.3, 0.4) is 0 Å². The van der Waals surface area contributed by atoms with E-state index in [2.05, 4.69) is 10.6 Å². The molecule has 3 amide bonds. The second-order valence-electron chi connectivity index (χ2n) is 6.49. The third kappa shape index (κ3) is 6.89. The van der Waals surface area contributed by atoms with Gasteiger partial charge in [0.25, 0.3) is 11.8 Å². The van der Waals surface area contributed by atoms with E-state index in [-0.39, 0.29) is 27.8 Å². The molecule has 0 saturated carbocycles. The van der Waals surface area contributed by atoms with Gasteiger partial charge in [0.05, 0.1) is 16.9 Å². The van der Waals surface area contributed by atoms with Gasteiger partial charge in [-0.2, -0.15) is 0 Å². The SMILES string of the molecule is NC(=O)c1ccsc1NC(=O)COC(=O)c1ccccc1SCC(=O)Nc1ccc(F)cc1. The van der Waals surface area contributed by atoms with Crippen molar-refractivity contribution in [2.24, 2.45) is 5.73 Å². The van der Waals surface area contributed by atoms with Gasteiger partial charge >= 0.3 is 5.97 Å². The zero-order valence-corrected chi connectivity index (χ0v) is 18.6. The smallest absolute Gasteiger partial charge is 0.339 e. The fraction of sp³-hybridized carbons (Fsp3) is 0.0909. The number of carbonyl (C=O) groups excluding carboxylic acids is 4. The van der Waals surface area contributed by atoms with Crippen molar-refractivity contribution >= 4 is 57.5 Å². The van der Waals surface area contributed by atoms with Gasteiger partial charge in [-0.3, -0.25) is 14.4 Å². The van der Waals surface area contributed by atoms with E-state index in [9.17, 15) is 23.6 Å². The third-order valence-electron chi connectivity index (χ3n) is 4.11. The molecular formula is C22H18FN3O5S2. The summed E-state index contributed by atoms with van der Waals surface area (Å²) in [5, 5.41) is 6.98. The maximum absolute atomic E-state index is 13.0. The zero-order valence-electron chi connectivity index (χ0n) is 17.0. The Morgan fingerprint density at radius 2 is 1.67 bits per heavy atom. The van der Waals surface area contributed by atoms with E-state index < -0.39 is 30.2 Å². The van der Waals surface area contributed by atoms with E-state index in [1.54, 1.807) is 23.6 Å². The Morgan fingerprint density at radius 3 is 2.39 bits per heavy atom. The van der Waals surface area contributed by atoms with Crippen LogP contribution >= 0.6 is 23.1 Å². The first-order chi connectivity index (χ1) is 15.8. The molecule has 0 radical (unpaired) electrons. The summed E-state index contributed by atoms with van der Waals surface area (Å²) in [5.74, 6) is -2.80. The summed E-state index contributed by atoms with van der Waals surface area (Å²) in [6.07, 6.45) is 0. The lowest BCUT2D eigenvalue weighted by atomic mass is 10.2. The number of rotatable bonds is 9. The number of ether oxygens (including phenoxy) is 1. The molecule has 11 heteroatoms. The minimum Gasteiger partial charge on any atom is -0.452 e. The standard InChI is InChI=1S/C22H18FN3O5S2/c23-13-5-7-14(8-6-13)25-19(28)12-33-17-4-2-1-3-15(17)22(30)31-11-18(27)26-21-16(20(24)29)9-10-32-21/h1-10H,11-12H2,(H2,24,29)(H,25,28)(H,26,27). The van der Waals surface area contributed by atoms with Crippen LogP contribution in [-0.4, -0.2) is 36.1 Å². The normalized spacial score (nSPS) is 10.3. The molecule has 4 N–H and O–H groups in total. The van der Waals surface area contributed by atoms with E-state index in [1.165, 1.54) is 36.4 Å². The Hall–Kier alpha value is -3.70. The molecule has 0 bridgehead atoms. The van der Waals surface area contributed by atoms with Crippen molar-refractivity contribution in [3.05, 3.63) is 76.9 Å². The first-order valence-electron chi connectivity index (χ1n) is 9.45. The number of hydrogen-bond donors (Lipinski definition) is 3. The summed E-state index contributed by atoms with van der Waals surface area (Å²) in [5.41, 5.74) is 6.04. The van der Waals surface area contributed by atoms with E-state index >= 15 is 0 Å². The third-order valence-corrected chi connectivity index (χ3v) is 6.02.